The number of hydrogen-bond donors (Lipinski definition) is 2. The summed E-state index contributed by atoms with van der Waals surface area (Å²) >= 11 is 0. The minimum Gasteiger partial charge on any atom is -0.454 e. The highest BCUT2D eigenvalue weighted by Gasteiger charge is 2.11. The van der Waals surface area contributed by atoms with Gasteiger partial charge in [0.05, 0.1) is 0 Å². The van der Waals surface area contributed by atoms with Crippen LogP contribution in [0.3, 0.4) is 0 Å². The largest absolute Gasteiger partial charge is 0.454 e. The summed E-state index contributed by atoms with van der Waals surface area (Å²) in [4.78, 5) is 35.0. The molecule has 0 fully saturated rings. The van der Waals surface area contributed by atoms with Crippen molar-refractivity contribution in [2.24, 2.45) is 0 Å². The molecule has 6 nitrogen and oxygen atoms in total. The van der Waals surface area contributed by atoms with Crippen molar-refractivity contribution in [1.29, 1.82) is 0 Å². The summed E-state index contributed by atoms with van der Waals surface area (Å²) in [5, 5.41) is 5.16. The topological polar surface area (TPSA) is 84.5 Å². The molecule has 0 atom stereocenters. The third kappa shape index (κ3) is 7.26. The zero-order valence-electron chi connectivity index (χ0n) is 14.6. The molecule has 6 heteroatoms. The Morgan fingerprint density at radius 3 is 2.46 bits per heavy atom. The van der Waals surface area contributed by atoms with E-state index in [2.05, 4.69) is 17.6 Å². The van der Waals surface area contributed by atoms with Gasteiger partial charge in [-0.3, -0.25) is 14.4 Å². The van der Waals surface area contributed by atoms with Crippen molar-refractivity contribution < 1.29 is 19.1 Å². The molecule has 24 heavy (non-hydrogen) atoms. The highest BCUT2D eigenvalue weighted by molar-refractivity contribution is 5.96. The van der Waals surface area contributed by atoms with Crippen LogP contribution in [-0.2, 0) is 14.3 Å². The molecule has 0 bridgehead atoms. The molecule has 1 aromatic carbocycles. The Kier molecular flexibility index (Phi) is 8.54. The third-order valence-electron chi connectivity index (χ3n) is 3.63. The molecule has 0 saturated heterocycles. The smallest absolute Gasteiger partial charge is 0.325 e. The van der Waals surface area contributed by atoms with Crippen molar-refractivity contribution in [3.8, 4) is 0 Å². The molecule has 0 spiro atoms. The van der Waals surface area contributed by atoms with E-state index in [0.29, 0.717) is 12.1 Å². The first-order chi connectivity index (χ1) is 11.4. The molecule has 0 heterocycles. The number of aryl methyl sites for hydroxylation is 2. The fourth-order valence-corrected chi connectivity index (χ4v) is 1.99. The van der Waals surface area contributed by atoms with Gasteiger partial charge in [0, 0.05) is 12.1 Å². The van der Waals surface area contributed by atoms with E-state index < -0.39 is 5.97 Å². The summed E-state index contributed by atoms with van der Waals surface area (Å²) in [6.07, 6.45) is 3.03. The molecule has 2 amide bonds. The number of ether oxygens (including phenoxy) is 1. The van der Waals surface area contributed by atoms with Gasteiger partial charge in [-0.25, -0.2) is 0 Å². The third-order valence-corrected chi connectivity index (χ3v) is 3.63. The van der Waals surface area contributed by atoms with Crippen molar-refractivity contribution in [2.45, 2.75) is 40.0 Å². The number of nitrogens with one attached hydrogen (secondary N) is 2. The zero-order valence-corrected chi connectivity index (χ0v) is 14.6. The molecule has 2 N–H and O–H groups in total. The number of hydrogen-bond acceptors (Lipinski definition) is 4. The predicted molar refractivity (Wildman–Crippen MR) is 91.7 cm³/mol. The molecule has 0 aliphatic heterocycles. The standard InChI is InChI=1S/C18H26N2O4/c1-4-5-6-9-19-16(21)12-24-17(22)11-20-18(23)15-8-7-13(2)14(3)10-15/h7-8,10H,4-6,9,11-12H2,1-3H3,(H,19,21)(H,20,23). The van der Waals surface area contributed by atoms with Crippen molar-refractivity contribution in [1.82, 2.24) is 10.6 Å². The molecule has 0 aromatic heterocycles. The van der Waals surface area contributed by atoms with Crippen LogP contribution in [0.2, 0.25) is 0 Å². The quantitative estimate of drug-likeness (QED) is 0.533. The Labute approximate surface area is 143 Å². The van der Waals surface area contributed by atoms with Crippen LogP contribution in [0.1, 0.15) is 47.7 Å². The minimum absolute atomic E-state index is 0.269. The van der Waals surface area contributed by atoms with Crippen LogP contribution in [0.25, 0.3) is 0 Å². The van der Waals surface area contributed by atoms with Crippen LogP contribution in [0.5, 0.6) is 0 Å². The second kappa shape index (κ2) is 10.4. The van der Waals surface area contributed by atoms with Crippen molar-refractivity contribution >= 4 is 17.8 Å². The highest BCUT2D eigenvalue weighted by atomic mass is 16.5. The van der Waals surface area contributed by atoms with Crippen molar-refractivity contribution in [3.05, 3.63) is 34.9 Å². The van der Waals surface area contributed by atoms with E-state index in [1.807, 2.05) is 19.9 Å². The molecular formula is C18H26N2O4. The molecule has 0 radical (unpaired) electrons. The predicted octanol–water partition coefficient (Wildman–Crippen LogP) is 1.88. The first kappa shape index (κ1) is 19.7. The number of carbonyl (C=O) groups is 3. The number of rotatable bonds is 9. The van der Waals surface area contributed by atoms with Crippen LogP contribution in [0.15, 0.2) is 18.2 Å². The van der Waals surface area contributed by atoms with E-state index in [4.69, 9.17) is 4.74 Å². The lowest BCUT2D eigenvalue weighted by Crippen LogP contribution is -2.34. The fraction of sp³-hybridized carbons (Fsp3) is 0.500. The molecule has 0 aliphatic carbocycles. The van der Waals surface area contributed by atoms with E-state index in [1.165, 1.54) is 0 Å². The Hall–Kier alpha value is -2.37. The maximum Gasteiger partial charge on any atom is 0.325 e. The van der Waals surface area contributed by atoms with E-state index in [0.717, 1.165) is 30.4 Å². The Morgan fingerprint density at radius 2 is 1.79 bits per heavy atom. The lowest BCUT2D eigenvalue weighted by atomic mass is 10.1. The fourth-order valence-electron chi connectivity index (χ4n) is 1.99. The van der Waals surface area contributed by atoms with E-state index in [1.54, 1.807) is 12.1 Å². The second-order valence-electron chi connectivity index (χ2n) is 5.70. The van der Waals surface area contributed by atoms with E-state index >= 15 is 0 Å². The number of unbranched alkanes of at least 4 members (excludes halogenated alkanes) is 2. The summed E-state index contributed by atoms with van der Waals surface area (Å²) in [7, 11) is 0. The number of benzene rings is 1. The molecule has 0 unspecified atom stereocenters. The molecule has 1 aromatic rings. The van der Waals surface area contributed by atoms with E-state index in [9.17, 15) is 14.4 Å². The molecule has 1 rings (SSSR count). The Morgan fingerprint density at radius 1 is 1.04 bits per heavy atom. The molecule has 132 valence electrons. The normalized spacial score (nSPS) is 10.1. The van der Waals surface area contributed by atoms with Gasteiger partial charge in [-0.05, 0) is 43.5 Å². The second-order valence-corrected chi connectivity index (χ2v) is 5.70. The molecular weight excluding hydrogens is 308 g/mol. The summed E-state index contributed by atoms with van der Waals surface area (Å²) in [6, 6.07) is 5.32. The zero-order chi connectivity index (χ0) is 17.9. The van der Waals surface area contributed by atoms with Gasteiger partial charge in [-0.15, -0.1) is 0 Å². The average Bonchev–Trinajstić information content (AvgIpc) is 2.57. The number of esters is 1. The lowest BCUT2D eigenvalue weighted by Gasteiger charge is -2.08. The van der Waals surface area contributed by atoms with Crippen LogP contribution in [-0.4, -0.2) is 37.5 Å². The first-order valence-corrected chi connectivity index (χ1v) is 8.21. The van der Waals surface area contributed by atoms with Gasteiger partial charge in [0.25, 0.3) is 11.8 Å². The van der Waals surface area contributed by atoms with E-state index in [-0.39, 0.29) is 25.0 Å². The highest BCUT2D eigenvalue weighted by Crippen LogP contribution is 2.09. The summed E-state index contributed by atoms with van der Waals surface area (Å²) in [6.45, 7) is 5.93. The average molecular weight is 334 g/mol. The van der Waals surface area contributed by atoms with Crippen LogP contribution in [0, 0.1) is 13.8 Å². The maximum absolute atomic E-state index is 12.0. The van der Waals surface area contributed by atoms with Gasteiger partial charge in [0.15, 0.2) is 6.61 Å². The molecule has 0 aliphatic rings. The lowest BCUT2D eigenvalue weighted by molar-refractivity contribution is -0.147. The van der Waals surface area contributed by atoms with Crippen LogP contribution < -0.4 is 10.6 Å². The summed E-state index contributed by atoms with van der Waals surface area (Å²) < 4.78 is 4.82. The SMILES string of the molecule is CCCCCNC(=O)COC(=O)CNC(=O)c1ccc(C)c(C)c1. The number of amides is 2. The maximum atomic E-state index is 12.0. The van der Waals surface area contributed by atoms with Gasteiger partial charge >= 0.3 is 5.97 Å². The summed E-state index contributed by atoms with van der Waals surface area (Å²) in [5.74, 6) is -1.32. The monoisotopic (exact) mass is 334 g/mol. The van der Waals surface area contributed by atoms with Gasteiger partial charge in [-0.2, -0.15) is 0 Å². The van der Waals surface area contributed by atoms with Crippen molar-refractivity contribution in [3.63, 3.8) is 0 Å². The first-order valence-electron chi connectivity index (χ1n) is 8.21. The summed E-state index contributed by atoms with van der Waals surface area (Å²) in [5.41, 5.74) is 2.58. The van der Waals surface area contributed by atoms with Gasteiger partial charge < -0.3 is 15.4 Å². The van der Waals surface area contributed by atoms with Crippen LogP contribution >= 0.6 is 0 Å². The Balaban J connectivity index is 2.26. The van der Waals surface area contributed by atoms with Crippen LogP contribution in [0.4, 0.5) is 0 Å². The molecule has 0 saturated carbocycles. The van der Waals surface area contributed by atoms with Crippen molar-refractivity contribution in [2.75, 3.05) is 19.7 Å². The Bertz CT molecular complexity index is 584. The van der Waals surface area contributed by atoms with Gasteiger partial charge in [-0.1, -0.05) is 25.8 Å². The number of carbonyl (C=O) groups excluding carboxylic acids is 3. The minimum atomic E-state index is -0.643. The van der Waals surface area contributed by atoms with Gasteiger partial charge in [0.1, 0.15) is 6.54 Å². The van der Waals surface area contributed by atoms with Gasteiger partial charge in [0.2, 0.25) is 0 Å².